The molecule has 1 aromatic rings. The normalized spacial score (nSPS) is 17.7. The first-order valence-corrected chi connectivity index (χ1v) is 5.51. The highest BCUT2D eigenvalue weighted by Gasteiger charge is 2.24. The van der Waals surface area contributed by atoms with Gasteiger partial charge in [0.25, 0.3) is 0 Å². The van der Waals surface area contributed by atoms with Crippen LogP contribution in [0.3, 0.4) is 0 Å². The van der Waals surface area contributed by atoms with Crippen LogP contribution in [-0.2, 0) is 0 Å². The van der Waals surface area contributed by atoms with Gasteiger partial charge in [-0.1, -0.05) is 44.2 Å². The first kappa shape index (κ1) is 10.7. The van der Waals surface area contributed by atoms with Gasteiger partial charge in [-0.3, -0.25) is 0 Å². The number of hydrogen-bond acceptors (Lipinski definition) is 1. The standard InChI is InChI=1S/C15H15N/c1-15(2)10-4-3-5-14(15)13-8-6-12(11-16)7-9-13/h3-9H,10H2,1-2H3. The van der Waals surface area contributed by atoms with Crippen molar-refractivity contribution in [1.82, 2.24) is 0 Å². The van der Waals surface area contributed by atoms with Crippen LogP contribution in [0.2, 0.25) is 0 Å². The average molecular weight is 209 g/mol. The highest BCUT2D eigenvalue weighted by molar-refractivity contribution is 5.72. The molecule has 0 amide bonds. The van der Waals surface area contributed by atoms with Gasteiger partial charge >= 0.3 is 0 Å². The average Bonchev–Trinajstić information content (AvgIpc) is 2.29. The van der Waals surface area contributed by atoms with Crippen LogP contribution < -0.4 is 0 Å². The fourth-order valence-corrected chi connectivity index (χ4v) is 2.07. The zero-order chi connectivity index (χ0) is 11.6. The number of rotatable bonds is 1. The summed E-state index contributed by atoms with van der Waals surface area (Å²) in [4.78, 5) is 0. The zero-order valence-corrected chi connectivity index (χ0v) is 9.70. The van der Waals surface area contributed by atoms with E-state index in [4.69, 9.17) is 5.26 Å². The molecule has 1 aliphatic carbocycles. The molecule has 1 aromatic carbocycles. The second kappa shape index (κ2) is 3.98. The van der Waals surface area contributed by atoms with Crippen molar-refractivity contribution >= 4 is 5.57 Å². The van der Waals surface area contributed by atoms with Crippen LogP contribution in [0.15, 0.2) is 42.5 Å². The summed E-state index contributed by atoms with van der Waals surface area (Å²) in [5, 5.41) is 8.77. The Bertz CT molecular complexity index is 481. The lowest BCUT2D eigenvalue weighted by atomic mass is 9.75. The minimum Gasteiger partial charge on any atom is -0.192 e. The summed E-state index contributed by atoms with van der Waals surface area (Å²) in [5.74, 6) is 0. The van der Waals surface area contributed by atoms with Crippen molar-refractivity contribution in [2.24, 2.45) is 5.41 Å². The van der Waals surface area contributed by atoms with E-state index in [0.29, 0.717) is 5.56 Å². The van der Waals surface area contributed by atoms with Crippen molar-refractivity contribution in [3.8, 4) is 6.07 Å². The van der Waals surface area contributed by atoms with E-state index in [2.05, 4.69) is 38.1 Å². The number of hydrogen-bond donors (Lipinski definition) is 0. The zero-order valence-electron chi connectivity index (χ0n) is 9.70. The number of nitriles is 1. The summed E-state index contributed by atoms with van der Waals surface area (Å²) in [5.41, 5.74) is 3.46. The third kappa shape index (κ3) is 1.92. The van der Waals surface area contributed by atoms with Crippen LogP contribution in [0.25, 0.3) is 5.57 Å². The lowest BCUT2D eigenvalue weighted by molar-refractivity contribution is 0.506. The quantitative estimate of drug-likeness (QED) is 0.687. The summed E-state index contributed by atoms with van der Waals surface area (Å²) < 4.78 is 0. The molecular formula is C15H15N. The predicted octanol–water partition coefficient (Wildman–Crippen LogP) is 3.93. The molecule has 0 saturated heterocycles. The van der Waals surface area contributed by atoms with Gasteiger partial charge in [0.2, 0.25) is 0 Å². The summed E-state index contributed by atoms with van der Waals surface area (Å²) in [6.45, 7) is 4.50. The molecule has 0 fully saturated rings. The SMILES string of the molecule is CC1(C)CC=CC=C1c1ccc(C#N)cc1. The van der Waals surface area contributed by atoms with Gasteiger partial charge in [-0.15, -0.1) is 0 Å². The largest absolute Gasteiger partial charge is 0.192 e. The van der Waals surface area contributed by atoms with E-state index >= 15 is 0 Å². The van der Waals surface area contributed by atoms with E-state index in [1.165, 1.54) is 11.1 Å². The molecule has 0 unspecified atom stereocenters. The lowest BCUT2D eigenvalue weighted by Crippen LogP contribution is -2.14. The van der Waals surface area contributed by atoms with Crippen molar-refractivity contribution in [1.29, 1.82) is 5.26 Å². The van der Waals surface area contributed by atoms with Gasteiger partial charge in [-0.25, -0.2) is 0 Å². The molecule has 1 aliphatic rings. The van der Waals surface area contributed by atoms with E-state index in [1.54, 1.807) is 0 Å². The van der Waals surface area contributed by atoms with Crippen molar-refractivity contribution < 1.29 is 0 Å². The molecule has 0 aromatic heterocycles. The van der Waals surface area contributed by atoms with Gasteiger partial charge in [0.05, 0.1) is 11.6 Å². The van der Waals surface area contributed by atoms with Crippen LogP contribution >= 0.6 is 0 Å². The summed E-state index contributed by atoms with van der Waals surface area (Å²) >= 11 is 0. The third-order valence-corrected chi connectivity index (χ3v) is 3.08. The van der Waals surface area contributed by atoms with E-state index in [-0.39, 0.29) is 5.41 Å². The van der Waals surface area contributed by atoms with Gasteiger partial charge < -0.3 is 0 Å². The minimum atomic E-state index is 0.183. The maximum atomic E-state index is 8.77. The molecule has 0 N–H and O–H groups in total. The number of nitrogens with zero attached hydrogens (tertiary/aromatic N) is 1. The lowest BCUT2D eigenvalue weighted by Gasteiger charge is -2.29. The maximum absolute atomic E-state index is 8.77. The molecule has 0 saturated carbocycles. The second-order valence-corrected chi connectivity index (χ2v) is 4.79. The predicted molar refractivity (Wildman–Crippen MR) is 66.7 cm³/mol. The highest BCUT2D eigenvalue weighted by Crippen LogP contribution is 2.40. The fraction of sp³-hybridized carbons (Fsp3) is 0.267. The first-order valence-electron chi connectivity index (χ1n) is 5.51. The van der Waals surface area contributed by atoms with Crippen molar-refractivity contribution in [3.63, 3.8) is 0 Å². The molecule has 80 valence electrons. The second-order valence-electron chi connectivity index (χ2n) is 4.79. The van der Waals surface area contributed by atoms with Crippen LogP contribution in [0.1, 0.15) is 31.4 Å². The number of benzene rings is 1. The van der Waals surface area contributed by atoms with Gasteiger partial charge in [-0.2, -0.15) is 5.26 Å². The molecule has 0 aliphatic heterocycles. The smallest absolute Gasteiger partial charge is 0.0991 e. The van der Waals surface area contributed by atoms with Crippen molar-refractivity contribution in [3.05, 3.63) is 53.6 Å². The van der Waals surface area contributed by atoms with Gasteiger partial charge in [0.1, 0.15) is 0 Å². The molecule has 1 heteroatoms. The van der Waals surface area contributed by atoms with Crippen molar-refractivity contribution in [2.45, 2.75) is 20.3 Å². The molecule has 0 atom stereocenters. The molecule has 0 bridgehead atoms. The molecule has 0 spiro atoms. The maximum Gasteiger partial charge on any atom is 0.0991 e. The van der Waals surface area contributed by atoms with Crippen molar-refractivity contribution in [2.75, 3.05) is 0 Å². The summed E-state index contributed by atoms with van der Waals surface area (Å²) in [6.07, 6.45) is 7.55. The molecule has 0 heterocycles. The number of allylic oxidation sites excluding steroid dienone is 4. The Balaban J connectivity index is 2.40. The third-order valence-electron chi connectivity index (χ3n) is 3.08. The van der Waals surface area contributed by atoms with E-state index in [0.717, 1.165) is 6.42 Å². The van der Waals surface area contributed by atoms with Gasteiger partial charge in [0.15, 0.2) is 0 Å². The Morgan fingerprint density at radius 2 is 1.88 bits per heavy atom. The Morgan fingerprint density at radius 1 is 1.19 bits per heavy atom. The highest BCUT2D eigenvalue weighted by atomic mass is 14.3. The molecule has 2 rings (SSSR count). The van der Waals surface area contributed by atoms with Gasteiger partial charge in [0, 0.05) is 0 Å². The van der Waals surface area contributed by atoms with Crippen LogP contribution in [0.5, 0.6) is 0 Å². The van der Waals surface area contributed by atoms with Crippen LogP contribution in [0.4, 0.5) is 0 Å². The first-order chi connectivity index (χ1) is 7.63. The van der Waals surface area contributed by atoms with E-state index < -0.39 is 0 Å². The molecule has 16 heavy (non-hydrogen) atoms. The Kier molecular flexibility index (Phi) is 2.66. The molecule has 1 nitrogen and oxygen atoms in total. The summed E-state index contributed by atoms with van der Waals surface area (Å²) in [7, 11) is 0. The Hall–Kier alpha value is -1.81. The van der Waals surface area contributed by atoms with E-state index in [9.17, 15) is 0 Å². The van der Waals surface area contributed by atoms with Gasteiger partial charge in [-0.05, 0) is 35.1 Å². The fourth-order valence-electron chi connectivity index (χ4n) is 2.07. The van der Waals surface area contributed by atoms with Crippen LogP contribution in [-0.4, -0.2) is 0 Å². The Labute approximate surface area is 96.7 Å². The summed E-state index contributed by atoms with van der Waals surface area (Å²) in [6, 6.07) is 9.97. The molecule has 0 radical (unpaired) electrons. The van der Waals surface area contributed by atoms with E-state index in [1.807, 2.05) is 24.3 Å². The topological polar surface area (TPSA) is 23.8 Å². The Morgan fingerprint density at radius 3 is 2.44 bits per heavy atom. The van der Waals surface area contributed by atoms with Crippen LogP contribution in [0, 0.1) is 16.7 Å². The molecular weight excluding hydrogens is 194 g/mol. The monoisotopic (exact) mass is 209 g/mol. The minimum absolute atomic E-state index is 0.183.